The number of anilines is 3. The van der Waals surface area contributed by atoms with Gasteiger partial charge in [0.05, 0.1) is 26.3 Å². The number of carbonyl (C=O) groups excluding carboxylic acids is 3. The fourth-order valence-corrected chi connectivity index (χ4v) is 6.13. The molecule has 0 spiro atoms. The van der Waals surface area contributed by atoms with Crippen LogP contribution in [0, 0.1) is 18.3 Å². The van der Waals surface area contributed by atoms with Crippen LogP contribution < -0.4 is 16.0 Å². The van der Waals surface area contributed by atoms with E-state index in [2.05, 4.69) is 22.0 Å². The van der Waals surface area contributed by atoms with Crippen LogP contribution in [0.5, 0.6) is 0 Å². The Morgan fingerprint density at radius 1 is 0.900 bits per heavy atom. The molecule has 11 heteroatoms. The van der Waals surface area contributed by atoms with E-state index in [9.17, 15) is 19.6 Å². The molecule has 7 nitrogen and oxygen atoms in total. The Morgan fingerprint density at radius 3 is 2.30 bits per heavy atom. The minimum Gasteiger partial charge on any atom is -0.322 e. The van der Waals surface area contributed by atoms with Crippen LogP contribution in [0.4, 0.5) is 16.4 Å². The van der Waals surface area contributed by atoms with Crippen LogP contribution in [0.25, 0.3) is 0 Å². The largest absolute Gasteiger partial charge is 0.322 e. The van der Waals surface area contributed by atoms with E-state index >= 15 is 0 Å². The Bertz CT molecular complexity index is 1630. The van der Waals surface area contributed by atoms with Gasteiger partial charge in [0.1, 0.15) is 11.1 Å². The number of para-hydroxylation sites is 1. The SMILES string of the molecule is Cc1c(C(=O)Nc2ccccc2)sc(NC(=O)C(C)Sc2cccc(NC(=O)c3ccc(Cl)cc3Cl)c2)c1C#N. The normalized spacial score (nSPS) is 11.3. The molecule has 4 rings (SSSR count). The van der Waals surface area contributed by atoms with Gasteiger partial charge in [-0.2, -0.15) is 5.26 Å². The van der Waals surface area contributed by atoms with Gasteiger partial charge in [0.2, 0.25) is 5.91 Å². The fourth-order valence-electron chi connectivity index (χ4n) is 3.65. The van der Waals surface area contributed by atoms with Crippen LogP contribution >= 0.6 is 46.3 Å². The lowest BCUT2D eigenvalue weighted by Gasteiger charge is -2.13. The topological polar surface area (TPSA) is 111 Å². The average Bonchev–Trinajstić information content (AvgIpc) is 3.23. The lowest BCUT2D eigenvalue weighted by atomic mass is 10.1. The number of rotatable bonds is 8. The Hall–Kier alpha value is -3.81. The molecule has 0 aliphatic carbocycles. The zero-order valence-corrected chi connectivity index (χ0v) is 24.4. The summed E-state index contributed by atoms with van der Waals surface area (Å²) in [6.45, 7) is 3.41. The molecule has 0 radical (unpaired) electrons. The molecule has 0 saturated carbocycles. The maximum atomic E-state index is 13.0. The molecular formula is C29H22Cl2N4O3S2. The Labute approximate surface area is 249 Å². The standard InChI is InChI=1S/C29H22Cl2N4O3S2/c1-16-23(15-32)29(40-25(16)28(38)33-19-7-4-3-5-8-19)35-26(36)17(2)39-21-10-6-9-20(14-21)34-27(37)22-12-11-18(30)13-24(22)31/h3-14,17H,1-2H3,(H,33,38)(H,34,37)(H,35,36). The van der Waals surface area contributed by atoms with Crippen LogP contribution in [0.1, 0.15) is 38.1 Å². The van der Waals surface area contributed by atoms with E-state index in [0.29, 0.717) is 31.8 Å². The quantitative estimate of drug-likeness (QED) is 0.176. The van der Waals surface area contributed by atoms with E-state index in [0.717, 1.165) is 16.2 Å². The Morgan fingerprint density at radius 2 is 1.60 bits per heavy atom. The molecule has 3 amide bonds. The maximum absolute atomic E-state index is 13.0. The van der Waals surface area contributed by atoms with Crippen LogP contribution in [-0.4, -0.2) is 23.0 Å². The molecule has 202 valence electrons. The van der Waals surface area contributed by atoms with Gasteiger partial charge in [-0.25, -0.2) is 0 Å². The molecule has 3 aromatic carbocycles. The van der Waals surface area contributed by atoms with Crippen molar-refractivity contribution in [3.05, 3.63) is 104 Å². The van der Waals surface area contributed by atoms with E-state index in [-0.39, 0.29) is 33.9 Å². The lowest BCUT2D eigenvalue weighted by molar-refractivity contribution is -0.115. The van der Waals surface area contributed by atoms with Crippen LogP contribution in [0.3, 0.4) is 0 Å². The first-order valence-corrected chi connectivity index (χ1v) is 14.4. The second kappa shape index (κ2) is 13.0. The molecule has 0 fully saturated rings. The Balaban J connectivity index is 1.42. The van der Waals surface area contributed by atoms with Gasteiger partial charge in [-0.15, -0.1) is 23.1 Å². The second-order valence-corrected chi connectivity index (χ2v) is 11.8. The summed E-state index contributed by atoms with van der Waals surface area (Å²) in [7, 11) is 0. The highest BCUT2D eigenvalue weighted by Gasteiger charge is 2.24. The minimum absolute atomic E-state index is 0.238. The van der Waals surface area contributed by atoms with E-state index in [1.807, 2.05) is 12.1 Å². The molecule has 0 aliphatic heterocycles. The fraction of sp³-hybridized carbons (Fsp3) is 0.103. The van der Waals surface area contributed by atoms with Crippen molar-refractivity contribution in [3.63, 3.8) is 0 Å². The van der Waals surface area contributed by atoms with E-state index < -0.39 is 5.25 Å². The van der Waals surface area contributed by atoms with Gasteiger partial charge in [-0.1, -0.05) is 47.5 Å². The van der Waals surface area contributed by atoms with Gasteiger partial charge in [0.25, 0.3) is 11.8 Å². The first kappa shape index (κ1) is 29.2. The number of nitriles is 1. The summed E-state index contributed by atoms with van der Waals surface area (Å²) in [5.74, 6) is -1.08. The van der Waals surface area contributed by atoms with Crippen molar-refractivity contribution in [2.24, 2.45) is 0 Å². The summed E-state index contributed by atoms with van der Waals surface area (Å²) in [6.07, 6.45) is 0. The minimum atomic E-state index is -0.549. The van der Waals surface area contributed by atoms with Gasteiger partial charge in [0, 0.05) is 21.3 Å². The molecular weight excluding hydrogens is 587 g/mol. The number of nitrogens with one attached hydrogen (secondary N) is 3. The number of nitrogens with zero attached hydrogens (tertiary/aromatic N) is 1. The second-order valence-electron chi connectivity index (χ2n) is 8.55. The third-order valence-electron chi connectivity index (χ3n) is 5.68. The number of thiophene rings is 1. The predicted molar refractivity (Wildman–Crippen MR) is 163 cm³/mol. The monoisotopic (exact) mass is 608 g/mol. The molecule has 1 aromatic heterocycles. The van der Waals surface area contributed by atoms with Gasteiger partial charge >= 0.3 is 0 Å². The summed E-state index contributed by atoms with van der Waals surface area (Å²) in [4.78, 5) is 39.6. The van der Waals surface area contributed by atoms with Gasteiger partial charge in [-0.3, -0.25) is 14.4 Å². The van der Waals surface area contributed by atoms with Crippen molar-refractivity contribution >= 4 is 80.4 Å². The van der Waals surface area contributed by atoms with Gasteiger partial charge in [-0.05, 0) is 67.9 Å². The molecule has 0 aliphatic rings. The molecule has 0 bridgehead atoms. The number of halogens is 2. The molecule has 1 atom stereocenters. The number of hydrogen-bond acceptors (Lipinski definition) is 6. The van der Waals surface area contributed by atoms with Crippen LogP contribution in [0.15, 0.2) is 77.7 Å². The maximum Gasteiger partial charge on any atom is 0.266 e. The van der Waals surface area contributed by atoms with E-state index in [1.165, 1.54) is 17.8 Å². The molecule has 0 saturated heterocycles. The molecule has 1 heterocycles. The van der Waals surface area contributed by atoms with Gasteiger partial charge in [0.15, 0.2) is 0 Å². The summed E-state index contributed by atoms with van der Waals surface area (Å²) in [5.41, 5.74) is 2.20. The lowest BCUT2D eigenvalue weighted by Crippen LogP contribution is -2.22. The van der Waals surface area contributed by atoms with Crippen molar-refractivity contribution in [2.75, 3.05) is 16.0 Å². The van der Waals surface area contributed by atoms with Crippen molar-refractivity contribution in [2.45, 2.75) is 24.0 Å². The zero-order valence-electron chi connectivity index (χ0n) is 21.2. The number of carbonyl (C=O) groups is 3. The smallest absolute Gasteiger partial charge is 0.266 e. The first-order chi connectivity index (χ1) is 19.2. The molecule has 4 aromatic rings. The van der Waals surface area contributed by atoms with Gasteiger partial charge < -0.3 is 16.0 Å². The summed E-state index contributed by atoms with van der Waals surface area (Å²) in [5, 5.41) is 18.6. The highest BCUT2D eigenvalue weighted by molar-refractivity contribution is 8.00. The summed E-state index contributed by atoms with van der Waals surface area (Å²) in [6, 6.07) is 22.8. The average molecular weight is 610 g/mol. The summed E-state index contributed by atoms with van der Waals surface area (Å²) >= 11 is 14.4. The van der Waals surface area contributed by atoms with E-state index in [4.69, 9.17) is 23.2 Å². The van der Waals surface area contributed by atoms with Crippen molar-refractivity contribution in [1.29, 1.82) is 5.26 Å². The van der Waals surface area contributed by atoms with Crippen LogP contribution in [0.2, 0.25) is 10.0 Å². The number of amides is 3. The number of benzene rings is 3. The van der Waals surface area contributed by atoms with Crippen LogP contribution in [-0.2, 0) is 4.79 Å². The third-order valence-corrected chi connectivity index (χ3v) is 8.53. The zero-order chi connectivity index (χ0) is 28.8. The first-order valence-electron chi connectivity index (χ1n) is 11.9. The van der Waals surface area contributed by atoms with Crippen molar-refractivity contribution < 1.29 is 14.4 Å². The number of thioether (sulfide) groups is 1. The van der Waals surface area contributed by atoms with Crippen molar-refractivity contribution in [3.8, 4) is 6.07 Å². The molecule has 3 N–H and O–H groups in total. The Kier molecular flexibility index (Phi) is 9.50. The van der Waals surface area contributed by atoms with Crippen molar-refractivity contribution in [1.82, 2.24) is 0 Å². The molecule has 1 unspecified atom stereocenters. The number of hydrogen-bond donors (Lipinski definition) is 3. The van der Waals surface area contributed by atoms with E-state index in [1.54, 1.807) is 68.4 Å². The highest BCUT2D eigenvalue weighted by atomic mass is 35.5. The third kappa shape index (κ3) is 7.03. The highest BCUT2D eigenvalue weighted by Crippen LogP contribution is 2.34. The predicted octanol–water partition coefficient (Wildman–Crippen LogP) is 7.86. The molecule has 40 heavy (non-hydrogen) atoms. The summed E-state index contributed by atoms with van der Waals surface area (Å²) < 4.78 is 0.